The van der Waals surface area contributed by atoms with E-state index >= 15 is 0 Å². The molecule has 2 fully saturated rings. The molecule has 0 aliphatic carbocycles. The van der Waals surface area contributed by atoms with Crippen LogP contribution in [-0.2, 0) is 11.3 Å². The molecule has 12 heteroatoms. The van der Waals surface area contributed by atoms with E-state index in [1.165, 1.54) is 5.56 Å². The van der Waals surface area contributed by atoms with E-state index in [1.54, 1.807) is 11.8 Å². The van der Waals surface area contributed by atoms with Crippen molar-refractivity contribution >= 4 is 34.1 Å². The predicted octanol–water partition coefficient (Wildman–Crippen LogP) is 3.51. The van der Waals surface area contributed by atoms with Crippen LogP contribution in [0.5, 0.6) is 0 Å². The lowest BCUT2D eigenvalue weighted by atomic mass is 10.0. The number of piperazine rings is 1. The Balaban J connectivity index is 1.33. The van der Waals surface area contributed by atoms with Crippen LogP contribution in [-0.4, -0.2) is 114 Å². The Morgan fingerprint density at radius 2 is 1.81 bits per heavy atom. The van der Waals surface area contributed by atoms with Crippen LogP contribution in [0.2, 0.25) is 0 Å². The third-order valence-corrected chi connectivity index (χ3v) is 9.53. The zero-order valence-corrected chi connectivity index (χ0v) is 27.5. The van der Waals surface area contributed by atoms with Gasteiger partial charge in [-0.2, -0.15) is 0 Å². The van der Waals surface area contributed by atoms with Crippen molar-refractivity contribution in [2.45, 2.75) is 27.3 Å². The summed E-state index contributed by atoms with van der Waals surface area (Å²) in [5.41, 5.74) is 5.90. The molecule has 2 aliphatic heterocycles. The van der Waals surface area contributed by atoms with Crippen molar-refractivity contribution in [3.8, 4) is 22.6 Å². The van der Waals surface area contributed by atoms with E-state index in [0.29, 0.717) is 5.82 Å². The van der Waals surface area contributed by atoms with E-state index in [4.69, 9.17) is 31.4 Å². The number of morpholine rings is 1. The van der Waals surface area contributed by atoms with Gasteiger partial charge in [0.1, 0.15) is 15.9 Å². The van der Waals surface area contributed by atoms with Gasteiger partial charge >= 0.3 is 0 Å². The predicted molar refractivity (Wildman–Crippen MR) is 179 cm³/mol. The highest BCUT2D eigenvalue weighted by atomic mass is 32.2. The lowest BCUT2D eigenvalue weighted by Gasteiger charge is -2.37. The maximum absolute atomic E-state index is 5.84. The number of benzene rings is 1. The second-order valence-electron chi connectivity index (χ2n) is 11.1. The van der Waals surface area contributed by atoms with Crippen molar-refractivity contribution in [1.82, 2.24) is 35.6 Å². The minimum absolute atomic E-state index is 0.712. The molecule has 0 unspecified atom stereocenters. The van der Waals surface area contributed by atoms with Crippen LogP contribution in [0.25, 0.3) is 22.6 Å². The van der Waals surface area contributed by atoms with Gasteiger partial charge in [-0.25, -0.2) is 9.97 Å². The summed E-state index contributed by atoms with van der Waals surface area (Å²) >= 11 is 7.64. The topological polar surface area (TPSA) is 94.8 Å². The first kappa shape index (κ1) is 31.8. The number of rotatable bonds is 11. The fourth-order valence-corrected chi connectivity index (χ4v) is 6.87. The molecular formula is C31H44N8O2S2. The van der Waals surface area contributed by atoms with E-state index in [9.17, 15) is 0 Å². The van der Waals surface area contributed by atoms with Gasteiger partial charge in [0.2, 0.25) is 0 Å². The summed E-state index contributed by atoms with van der Waals surface area (Å²) in [4.78, 5) is 17.5. The number of nitrogens with zero attached hydrogens (tertiary/aromatic N) is 6. The second kappa shape index (κ2) is 15.4. The summed E-state index contributed by atoms with van der Waals surface area (Å²) in [7, 11) is 1.96. The molecule has 10 nitrogen and oxygen atoms in total. The van der Waals surface area contributed by atoms with Crippen LogP contribution >= 0.6 is 24.0 Å². The van der Waals surface area contributed by atoms with E-state index in [-0.39, 0.29) is 0 Å². The SMILES string of the molecule is CNCCNCc1cccc(-c2nc(-c3c(C)noc3C)c(C)c(N3CCN(C(=S)SCCN4CCOCC4)CC3)n2)c1. The standard InChI is InChI=1S/C31H44N8O2S2/c1-22-28(27-23(2)36-41-24(27)3)34-29(26-7-5-6-25(20-26)21-33-9-8-32-4)35-30(22)38-10-12-39(13-11-38)31(42)43-19-16-37-14-17-40-18-15-37/h5-7,20,32-33H,8-19,21H2,1-4H3. The molecule has 0 bridgehead atoms. The molecule has 2 saturated heterocycles. The van der Waals surface area contributed by atoms with Crippen molar-refractivity contribution in [3.63, 3.8) is 0 Å². The molecule has 5 rings (SSSR count). The molecule has 0 radical (unpaired) electrons. The number of hydrogen-bond donors (Lipinski definition) is 2. The van der Waals surface area contributed by atoms with Crippen molar-refractivity contribution in [2.24, 2.45) is 0 Å². The van der Waals surface area contributed by atoms with E-state index in [0.717, 1.165) is 128 Å². The Kier molecular flexibility index (Phi) is 11.4. The minimum Gasteiger partial charge on any atom is -0.379 e. The maximum atomic E-state index is 5.84. The molecule has 2 aromatic heterocycles. The van der Waals surface area contributed by atoms with E-state index in [2.05, 4.69) is 61.7 Å². The molecule has 0 atom stereocenters. The summed E-state index contributed by atoms with van der Waals surface area (Å²) in [6.07, 6.45) is 0. The fraction of sp³-hybridized carbons (Fsp3) is 0.548. The Bertz CT molecular complexity index is 1350. The molecular weight excluding hydrogens is 581 g/mol. The largest absolute Gasteiger partial charge is 0.379 e. The molecule has 43 heavy (non-hydrogen) atoms. The number of anilines is 1. The van der Waals surface area contributed by atoms with Crippen LogP contribution in [0.3, 0.4) is 0 Å². The van der Waals surface area contributed by atoms with Gasteiger partial charge < -0.3 is 29.7 Å². The molecule has 0 spiro atoms. The van der Waals surface area contributed by atoms with Crippen LogP contribution < -0.4 is 15.5 Å². The van der Waals surface area contributed by atoms with Gasteiger partial charge in [-0.15, -0.1) is 0 Å². The van der Waals surface area contributed by atoms with Gasteiger partial charge in [0.25, 0.3) is 0 Å². The molecule has 2 N–H and O–H groups in total. The average molecular weight is 625 g/mol. The summed E-state index contributed by atoms with van der Waals surface area (Å²) < 4.78 is 12.0. The van der Waals surface area contributed by atoms with Crippen molar-refractivity contribution in [2.75, 3.05) is 89.8 Å². The van der Waals surface area contributed by atoms with Gasteiger partial charge in [0, 0.05) is 82.3 Å². The first-order valence-corrected chi connectivity index (χ1v) is 16.6. The van der Waals surface area contributed by atoms with Crippen LogP contribution in [0, 0.1) is 20.8 Å². The van der Waals surface area contributed by atoms with Gasteiger partial charge in [-0.1, -0.05) is 47.3 Å². The van der Waals surface area contributed by atoms with Crippen LogP contribution in [0.15, 0.2) is 28.8 Å². The summed E-state index contributed by atoms with van der Waals surface area (Å²) in [6.45, 7) is 16.8. The highest BCUT2D eigenvalue weighted by Crippen LogP contribution is 2.35. The zero-order chi connectivity index (χ0) is 30.2. The first-order chi connectivity index (χ1) is 20.9. The Hall–Kier alpha value is -2.61. The first-order valence-electron chi connectivity index (χ1n) is 15.2. The maximum Gasteiger partial charge on any atom is 0.162 e. The number of ether oxygens (including phenoxy) is 1. The monoisotopic (exact) mass is 624 g/mol. The smallest absolute Gasteiger partial charge is 0.162 e. The third-order valence-electron chi connectivity index (χ3n) is 8.03. The van der Waals surface area contributed by atoms with Crippen molar-refractivity contribution in [1.29, 1.82) is 0 Å². The number of aromatic nitrogens is 3. The van der Waals surface area contributed by atoms with E-state index < -0.39 is 0 Å². The van der Waals surface area contributed by atoms with Gasteiger partial charge in [-0.3, -0.25) is 4.90 Å². The Morgan fingerprint density at radius 3 is 2.53 bits per heavy atom. The van der Waals surface area contributed by atoms with Gasteiger partial charge in [0.05, 0.1) is 30.2 Å². The number of nitrogens with one attached hydrogen (secondary N) is 2. The molecule has 2 aliphatic rings. The van der Waals surface area contributed by atoms with Crippen LogP contribution in [0.4, 0.5) is 5.82 Å². The number of thiocarbonyl (C=S) groups is 1. The summed E-state index contributed by atoms with van der Waals surface area (Å²) in [5, 5.41) is 10.9. The van der Waals surface area contributed by atoms with Crippen LogP contribution in [0.1, 0.15) is 22.6 Å². The van der Waals surface area contributed by atoms with Crippen molar-refractivity contribution in [3.05, 3.63) is 46.8 Å². The Labute approximate surface area is 264 Å². The highest BCUT2D eigenvalue weighted by Gasteiger charge is 2.26. The zero-order valence-electron chi connectivity index (χ0n) is 25.8. The Morgan fingerprint density at radius 1 is 1.02 bits per heavy atom. The van der Waals surface area contributed by atoms with Gasteiger partial charge in [0.15, 0.2) is 5.82 Å². The summed E-state index contributed by atoms with van der Waals surface area (Å²) in [6, 6.07) is 8.50. The highest BCUT2D eigenvalue weighted by molar-refractivity contribution is 8.22. The summed E-state index contributed by atoms with van der Waals surface area (Å²) in [5.74, 6) is 3.45. The molecule has 0 saturated carbocycles. The van der Waals surface area contributed by atoms with Crippen molar-refractivity contribution < 1.29 is 9.26 Å². The lowest BCUT2D eigenvalue weighted by Crippen LogP contribution is -2.48. The van der Waals surface area contributed by atoms with E-state index in [1.807, 2.05) is 20.9 Å². The molecule has 0 amide bonds. The number of thioether (sulfide) groups is 1. The number of aryl methyl sites for hydroxylation is 2. The molecule has 3 aromatic rings. The average Bonchev–Trinajstić information content (AvgIpc) is 3.37. The quantitative estimate of drug-likeness (QED) is 0.242. The van der Waals surface area contributed by atoms with Gasteiger partial charge in [-0.05, 0) is 39.4 Å². The molecule has 1 aromatic carbocycles. The lowest BCUT2D eigenvalue weighted by molar-refractivity contribution is 0.0410. The minimum atomic E-state index is 0.712. The molecule has 4 heterocycles. The second-order valence-corrected chi connectivity index (χ2v) is 12.8. The fourth-order valence-electron chi connectivity index (χ4n) is 5.55. The normalized spacial score (nSPS) is 16.2. The number of likely N-dealkylation sites (N-methyl/N-ethyl adjacent to an activating group) is 1. The molecule has 232 valence electrons. The third kappa shape index (κ3) is 8.11. The number of hydrogen-bond acceptors (Lipinski definition) is 11.